The second-order valence-corrected chi connectivity index (χ2v) is 5.11. The predicted molar refractivity (Wildman–Crippen MR) is 87.9 cm³/mol. The Morgan fingerprint density at radius 2 is 1.91 bits per heavy atom. The van der Waals surface area contributed by atoms with Gasteiger partial charge >= 0.3 is 0 Å². The summed E-state index contributed by atoms with van der Waals surface area (Å²) >= 11 is 0. The molecule has 1 aliphatic rings. The maximum atomic E-state index is 14.3. The number of rotatable bonds is 5. The zero-order valence-electron chi connectivity index (χ0n) is 13.4. The molecule has 0 saturated carbocycles. The number of hydrogen-bond donors (Lipinski definition) is 2. The Hall–Kier alpha value is -1.82. The van der Waals surface area contributed by atoms with E-state index in [4.69, 9.17) is 4.74 Å². The minimum absolute atomic E-state index is 0.192. The Morgan fingerprint density at radius 1 is 1.23 bits per heavy atom. The van der Waals surface area contributed by atoms with Crippen LogP contribution in [-0.4, -0.2) is 45.4 Å². The van der Waals surface area contributed by atoms with E-state index in [0.29, 0.717) is 25.4 Å². The highest BCUT2D eigenvalue weighted by molar-refractivity contribution is 5.79. The normalized spacial score (nSPS) is 14.6. The molecule has 0 bridgehead atoms. The molecule has 0 unspecified atom stereocenters. The van der Waals surface area contributed by atoms with Gasteiger partial charge < -0.3 is 20.3 Å². The summed E-state index contributed by atoms with van der Waals surface area (Å²) in [5.74, 6) is 0.561. The van der Waals surface area contributed by atoms with Crippen molar-refractivity contribution < 1.29 is 9.13 Å². The van der Waals surface area contributed by atoms with Crippen molar-refractivity contribution >= 4 is 11.6 Å². The van der Waals surface area contributed by atoms with Gasteiger partial charge in [0, 0.05) is 26.2 Å². The van der Waals surface area contributed by atoms with E-state index in [1.54, 1.807) is 6.07 Å². The third kappa shape index (κ3) is 4.59. The first-order chi connectivity index (χ1) is 10.7. The Kier molecular flexibility index (Phi) is 6.45. The van der Waals surface area contributed by atoms with Gasteiger partial charge in [0.2, 0.25) is 0 Å². The Bertz CT molecular complexity index is 493. The van der Waals surface area contributed by atoms with Crippen LogP contribution in [0.25, 0.3) is 0 Å². The van der Waals surface area contributed by atoms with Gasteiger partial charge in [-0.1, -0.05) is 6.07 Å². The molecule has 1 saturated heterocycles. The number of halogens is 1. The molecule has 1 aliphatic heterocycles. The minimum atomic E-state index is -0.192. The number of hydrogen-bond acceptors (Lipinski definition) is 3. The molecular weight excluding hydrogens is 283 g/mol. The molecule has 1 fully saturated rings. The summed E-state index contributed by atoms with van der Waals surface area (Å²) in [6.45, 7) is 8.87. The smallest absolute Gasteiger partial charge is 0.191 e. The quantitative estimate of drug-likeness (QED) is 0.642. The van der Waals surface area contributed by atoms with Crippen LogP contribution in [0.3, 0.4) is 0 Å². The zero-order valence-corrected chi connectivity index (χ0v) is 13.4. The first-order valence-electron chi connectivity index (χ1n) is 7.88. The molecule has 5 nitrogen and oxygen atoms in total. The van der Waals surface area contributed by atoms with Crippen molar-refractivity contribution in [3.63, 3.8) is 0 Å². The average Bonchev–Trinajstić information content (AvgIpc) is 2.54. The van der Waals surface area contributed by atoms with Crippen molar-refractivity contribution in [3.8, 4) is 0 Å². The summed E-state index contributed by atoms with van der Waals surface area (Å²) in [5.41, 5.74) is 1.51. The van der Waals surface area contributed by atoms with Gasteiger partial charge in [0.25, 0.3) is 0 Å². The Balaban J connectivity index is 2.03. The lowest BCUT2D eigenvalue weighted by Gasteiger charge is -2.29. The van der Waals surface area contributed by atoms with Crippen LogP contribution in [0.1, 0.15) is 19.4 Å². The van der Waals surface area contributed by atoms with E-state index in [-0.39, 0.29) is 5.82 Å². The van der Waals surface area contributed by atoms with Gasteiger partial charge in [0.1, 0.15) is 5.82 Å². The number of aliphatic imine (C=N–C) groups is 1. The predicted octanol–water partition coefficient (Wildman–Crippen LogP) is 1.74. The third-order valence-corrected chi connectivity index (χ3v) is 3.47. The molecule has 0 atom stereocenters. The number of ether oxygens (including phenoxy) is 1. The minimum Gasteiger partial charge on any atom is -0.378 e. The van der Waals surface area contributed by atoms with Crippen LogP contribution >= 0.6 is 0 Å². The number of benzene rings is 1. The number of guanidine groups is 1. The van der Waals surface area contributed by atoms with Gasteiger partial charge in [-0.2, -0.15) is 0 Å². The fourth-order valence-corrected chi connectivity index (χ4v) is 2.39. The first-order valence-corrected chi connectivity index (χ1v) is 7.88. The van der Waals surface area contributed by atoms with Gasteiger partial charge in [-0.3, -0.25) is 0 Å². The van der Waals surface area contributed by atoms with Crippen LogP contribution in [-0.2, 0) is 11.3 Å². The van der Waals surface area contributed by atoms with Crippen LogP contribution < -0.4 is 15.5 Å². The highest BCUT2D eigenvalue weighted by Crippen LogP contribution is 2.21. The molecule has 2 N–H and O–H groups in total. The molecule has 0 radical (unpaired) electrons. The van der Waals surface area contributed by atoms with Crippen molar-refractivity contribution in [3.05, 3.63) is 29.6 Å². The van der Waals surface area contributed by atoms with Gasteiger partial charge in [-0.05, 0) is 31.5 Å². The molecule has 0 aliphatic carbocycles. The van der Waals surface area contributed by atoms with Gasteiger partial charge in [0.05, 0.1) is 25.4 Å². The summed E-state index contributed by atoms with van der Waals surface area (Å²) in [6.07, 6.45) is 0. The summed E-state index contributed by atoms with van der Waals surface area (Å²) in [5, 5.41) is 6.31. The van der Waals surface area contributed by atoms with Crippen molar-refractivity contribution in [2.24, 2.45) is 4.99 Å². The topological polar surface area (TPSA) is 48.9 Å². The summed E-state index contributed by atoms with van der Waals surface area (Å²) in [4.78, 5) is 6.47. The Labute approximate surface area is 131 Å². The fraction of sp³-hybridized carbons (Fsp3) is 0.562. The second-order valence-electron chi connectivity index (χ2n) is 5.11. The largest absolute Gasteiger partial charge is 0.378 e. The molecule has 22 heavy (non-hydrogen) atoms. The molecule has 0 spiro atoms. The number of anilines is 1. The fourth-order valence-electron chi connectivity index (χ4n) is 2.39. The average molecular weight is 308 g/mol. The molecule has 6 heteroatoms. The van der Waals surface area contributed by atoms with E-state index in [2.05, 4.69) is 15.6 Å². The molecule has 0 aromatic heterocycles. The third-order valence-electron chi connectivity index (χ3n) is 3.47. The zero-order chi connectivity index (χ0) is 15.8. The van der Waals surface area contributed by atoms with Crippen LogP contribution in [0.15, 0.2) is 23.2 Å². The summed E-state index contributed by atoms with van der Waals surface area (Å²) in [6, 6.07) is 5.35. The van der Waals surface area contributed by atoms with E-state index in [0.717, 1.165) is 37.7 Å². The van der Waals surface area contributed by atoms with Crippen molar-refractivity contribution in [1.29, 1.82) is 0 Å². The molecular formula is C16H25FN4O. The van der Waals surface area contributed by atoms with Crippen LogP contribution in [0.2, 0.25) is 0 Å². The maximum Gasteiger partial charge on any atom is 0.191 e. The van der Waals surface area contributed by atoms with E-state index >= 15 is 0 Å². The lowest BCUT2D eigenvalue weighted by Crippen LogP contribution is -2.37. The van der Waals surface area contributed by atoms with Crippen LogP contribution in [0.4, 0.5) is 10.1 Å². The molecule has 2 rings (SSSR count). The van der Waals surface area contributed by atoms with Crippen LogP contribution in [0, 0.1) is 5.82 Å². The van der Waals surface area contributed by atoms with Crippen LogP contribution in [0.5, 0.6) is 0 Å². The maximum absolute atomic E-state index is 14.3. The second kappa shape index (κ2) is 8.58. The molecule has 0 amide bonds. The van der Waals surface area contributed by atoms with Gasteiger partial charge in [-0.15, -0.1) is 0 Å². The van der Waals surface area contributed by atoms with Gasteiger partial charge in [0.15, 0.2) is 5.96 Å². The highest BCUT2D eigenvalue weighted by atomic mass is 19.1. The first kappa shape index (κ1) is 16.5. The number of morpholine rings is 1. The van der Waals surface area contributed by atoms with E-state index in [1.165, 1.54) is 0 Å². The van der Waals surface area contributed by atoms with Crippen molar-refractivity contribution in [1.82, 2.24) is 10.6 Å². The monoisotopic (exact) mass is 308 g/mol. The molecule has 1 heterocycles. The van der Waals surface area contributed by atoms with Gasteiger partial charge in [-0.25, -0.2) is 9.38 Å². The highest BCUT2D eigenvalue weighted by Gasteiger charge is 2.15. The summed E-state index contributed by atoms with van der Waals surface area (Å²) < 4.78 is 19.6. The summed E-state index contributed by atoms with van der Waals surface area (Å²) in [7, 11) is 0. The molecule has 1 aromatic rings. The van der Waals surface area contributed by atoms with Crippen molar-refractivity contribution in [2.75, 3.05) is 44.3 Å². The lowest BCUT2D eigenvalue weighted by molar-refractivity contribution is 0.122. The van der Waals surface area contributed by atoms with E-state index in [1.807, 2.05) is 30.9 Å². The Morgan fingerprint density at radius 3 is 2.50 bits per heavy atom. The van der Waals surface area contributed by atoms with E-state index in [9.17, 15) is 4.39 Å². The SMILES string of the molecule is CCNC(=NCc1ccc(N2CCOCC2)c(F)c1)NCC. The van der Waals surface area contributed by atoms with E-state index < -0.39 is 0 Å². The van der Waals surface area contributed by atoms with Crippen molar-refractivity contribution in [2.45, 2.75) is 20.4 Å². The molecule has 1 aromatic carbocycles. The lowest BCUT2D eigenvalue weighted by atomic mass is 10.1. The standard InChI is InChI=1S/C16H25FN4O/c1-3-18-16(19-4-2)20-12-13-5-6-15(14(17)11-13)21-7-9-22-10-8-21/h5-6,11H,3-4,7-10,12H2,1-2H3,(H2,18,19,20). The number of nitrogens with zero attached hydrogens (tertiary/aromatic N) is 2. The molecule has 122 valence electrons. The number of nitrogens with one attached hydrogen (secondary N) is 2.